The quantitative estimate of drug-likeness (QED) is 0.874. The van der Waals surface area contributed by atoms with Crippen LogP contribution >= 0.6 is 23.2 Å². The molecule has 1 heterocycles. The van der Waals surface area contributed by atoms with Crippen LogP contribution in [0.5, 0.6) is 0 Å². The van der Waals surface area contributed by atoms with Gasteiger partial charge in [0.2, 0.25) is 0 Å². The van der Waals surface area contributed by atoms with E-state index in [-0.39, 0.29) is 6.04 Å². The second kappa shape index (κ2) is 7.07. The molecule has 2 rings (SSSR count). The summed E-state index contributed by atoms with van der Waals surface area (Å²) in [7, 11) is 0. The first-order chi connectivity index (χ1) is 9.61. The average Bonchev–Trinajstić information content (AvgIpc) is 2.42. The normalized spacial score (nSPS) is 12.4. The fourth-order valence-corrected chi connectivity index (χ4v) is 2.80. The van der Waals surface area contributed by atoms with Crippen LogP contribution in [0.1, 0.15) is 29.8 Å². The van der Waals surface area contributed by atoms with Gasteiger partial charge in [0.25, 0.3) is 0 Å². The summed E-state index contributed by atoms with van der Waals surface area (Å²) in [5.74, 6) is 0. The first-order valence-corrected chi connectivity index (χ1v) is 7.46. The van der Waals surface area contributed by atoms with Crippen LogP contribution in [-0.2, 0) is 6.42 Å². The molecular weight excluding hydrogens is 291 g/mol. The lowest BCUT2D eigenvalue weighted by Gasteiger charge is -2.20. The summed E-state index contributed by atoms with van der Waals surface area (Å²) < 4.78 is 0. The molecular formula is C16H18Cl2N2. The molecule has 1 aromatic heterocycles. The summed E-state index contributed by atoms with van der Waals surface area (Å²) in [5.41, 5.74) is 3.34. The van der Waals surface area contributed by atoms with Crippen molar-refractivity contribution in [1.29, 1.82) is 0 Å². The van der Waals surface area contributed by atoms with Crippen LogP contribution in [0.2, 0.25) is 10.0 Å². The molecule has 1 unspecified atom stereocenters. The SMILES string of the molecule is CCNC(Cc1ccc(Cl)cc1Cl)c1cccnc1C. The summed E-state index contributed by atoms with van der Waals surface area (Å²) in [6.07, 6.45) is 2.63. The number of aryl methyl sites for hydroxylation is 1. The standard InChI is InChI=1S/C16H18Cl2N2/c1-3-19-16(14-5-4-8-20-11(14)2)9-12-6-7-13(17)10-15(12)18/h4-8,10,16,19H,3,9H2,1-2H3. The molecule has 0 aliphatic carbocycles. The monoisotopic (exact) mass is 308 g/mol. The van der Waals surface area contributed by atoms with E-state index in [1.807, 2.05) is 31.3 Å². The maximum Gasteiger partial charge on any atom is 0.0453 e. The van der Waals surface area contributed by atoms with Gasteiger partial charge in [-0.05, 0) is 49.2 Å². The third kappa shape index (κ3) is 3.72. The Balaban J connectivity index is 2.28. The summed E-state index contributed by atoms with van der Waals surface area (Å²) in [4.78, 5) is 4.37. The van der Waals surface area contributed by atoms with Crippen LogP contribution in [-0.4, -0.2) is 11.5 Å². The van der Waals surface area contributed by atoms with Gasteiger partial charge in [0, 0.05) is 28.0 Å². The van der Waals surface area contributed by atoms with Gasteiger partial charge in [-0.25, -0.2) is 0 Å². The number of hydrogen-bond donors (Lipinski definition) is 1. The molecule has 106 valence electrons. The molecule has 1 atom stereocenters. The molecule has 0 saturated heterocycles. The van der Waals surface area contributed by atoms with Crippen molar-refractivity contribution in [2.45, 2.75) is 26.3 Å². The summed E-state index contributed by atoms with van der Waals surface area (Å²) in [6.45, 7) is 5.02. The van der Waals surface area contributed by atoms with Crippen molar-refractivity contribution in [3.8, 4) is 0 Å². The Morgan fingerprint density at radius 1 is 1.25 bits per heavy atom. The zero-order valence-electron chi connectivity index (χ0n) is 11.7. The van der Waals surface area contributed by atoms with Crippen LogP contribution in [0.25, 0.3) is 0 Å². The van der Waals surface area contributed by atoms with Gasteiger partial charge in [0.15, 0.2) is 0 Å². The molecule has 0 spiro atoms. The fraction of sp³-hybridized carbons (Fsp3) is 0.312. The lowest BCUT2D eigenvalue weighted by molar-refractivity contribution is 0.545. The predicted molar refractivity (Wildman–Crippen MR) is 85.6 cm³/mol. The predicted octanol–water partition coefficient (Wildman–Crippen LogP) is 4.59. The first kappa shape index (κ1) is 15.3. The highest BCUT2D eigenvalue weighted by molar-refractivity contribution is 6.35. The largest absolute Gasteiger partial charge is 0.310 e. The molecule has 4 heteroatoms. The number of nitrogens with zero attached hydrogens (tertiary/aromatic N) is 1. The van der Waals surface area contributed by atoms with Crippen molar-refractivity contribution < 1.29 is 0 Å². The molecule has 0 saturated carbocycles. The summed E-state index contributed by atoms with van der Waals surface area (Å²) >= 11 is 12.2. The number of benzene rings is 1. The van der Waals surface area contributed by atoms with E-state index in [2.05, 4.69) is 23.3 Å². The molecule has 20 heavy (non-hydrogen) atoms. The molecule has 1 N–H and O–H groups in total. The Morgan fingerprint density at radius 2 is 2.05 bits per heavy atom. The van der Waals surface area contributed by atoms with Gasteiger partial charge < -0.3 is 5.32 Å². The fourth-order valence-electron chi connectivity index (χ4n) is 2.31. The van der Waals surface area contributed by atoms with Gasteiger partial charge in [-0.2, -0.15) is 0 Å². The first-order valence-electron chi connectivity index (χ1n) is 6.70. The van der Waals surface area contributed by atoms with Crippen LogP contribution in [0, 0.1) is 6.92 Å². The number of aromatic nitrogens is 1. The van der Waals surface area contributed by atoms with Crippen LogP contribution < -0.4 is 5.32 Å². The third-order valence-corrected chi connectivity index (χ3v) is 3.90. The average molecular weight is 309 g/mol. The van der Waals surface area contributed by atoms with E-state index in [1.54, 1.807) is 6.07 Å². The van der Waals surface area contributed by atoms with Gasteiger partial charge in [-0.1, -0.05) is 42.3 Å². The highest BCUT2D eigenvalue weighted by Gasteiger charge is 2.15. The van der Waals surface area contributed by atoms with Crippen molar-refractivity contribution >= 4 is 23.2 Å². The van der Waals surface area contributed by atoms with Gasteiger partial charge >= 0.3 is 0 Å². The molecule has 2 aromatic rings. The molecule has 2 nitrogen and oxygen atoms in total. The second-order valence-corrected chi connectivity index (χ2v) is 5.57. The summed E-state index contributed by atoms with van der Waals surface area (Å²) in [5, 5.41) is 4.87. The molecule has 0 amide bonds. The Hall–Kier alpha value is -1.09. The second-order valence-electron chi connectivity index (χ2n) is 4.73. The van der Waals surface area contributed by atoms with Crippen molar-refractivity contribution in [2.24, 2.45) is 0 Å². The number of pyridine rings is 1. The topological polar surface area (TPSA) is 24.9 Å². The number of halogens is 2. The zero-order chi connectivity index (χ0) is 14.5. The maximum atomic E-state index is 6.27. The smallest absolute Gasteiger partial charge is 0.0453 e. The van der Waals surface area contributed by atoms with Crippen molar-refractivity contribution in [1.82, 2.24) is 10.3 Å². The minimum absolute atomic E-state index is 0.201. The van der Waals surface area contributed by atoms with E-state index >= 15 is 0 Å². The lowest BCUT2D eigenvalue weighted by Crippen LogP contribution is -2.24. The molecule has 0 fully saturated rings. The van der Waals surface area contributed by atoms with Crippen LogP contribution in [0.4, 0.5) is 0 Å². The molecule has 0 aliphatic heterocycles. The van der Waals surface area contributed by atoms with E-state index in [4.69, 9.17) is 23.2 Å². The Morgan fingerprint density at radius 3 is 2.70 bits per heavy atom. The number of likely N-dealkylation sites (N-methyl/N-ethyl adjacent to an activating group) is 1. The Kier molecular flexibility index (Phi) is 5.41. The van der Waals surface area contributed by atoms with Crippen molar-refractivity contribution in [3.63, 3.8) is 0 Å². The van der Waals surface area contributed by atoms with Crippen LogP contribution in [0.3, 0.4) is 0 Å². The minimum Gasteiger partial charge on any atom is -0.310 e. The number of rotatable bonds is 5. The molecule has 0 bridgehead atoms. The molecule has 0 radical (unpaired) electrons. The summed E-state index contributed by atoms with van der Waals surface area (Å²) in [6, 6.07) is 9.93. The number of hydrogen-bond acceptors (Lipinski definition) is 2. The Bertz CT molecular complexity index is 584. The highest BCUT2D eigenvalue weighted by Crippen LogP contribution is 2.27. The Labute approximate surface area is 130 Å². The third-order valence-electron chi connectivity index (χ3n) is 3.31. The van der Waals surface area contributed by atoms with Gasteiger partial charge in [0.1, 0.15) is 0 Å². The minimum atomic E-state index is 0.201. The van der Waals surface area contributed by atoms with Gasteiger partial charge in [0.05, 0.1) is 0 Å². The van der Waals surface area contributed by atoms with Crippen molar-refractivity contribution in [3.05, 3.63) is 63.4 Å². The van der Waals surface area contributed by atoms with Crippen molar-refractivity contribution in [2.75, 3.05) is 6.54 Å². The highest BCUT2D eigenvalue weighted by atomic mass is 35.5. The van der Waals surface area contributed by atoms with E-state index in [1.165, 1.54) is 5.56 Å². The zero-order valence-corrected chi connectivity index (χ0v) is 13.2. The van der Waals surface area contributed by atoms with Gasteiger partial charge in [-0.15, -0.1) is 0 Å². The number of nitrogens with one attached hydrogen (secondary N) is 1. The van der Waals surface area contributed by atoms with Gasteiger partial charge in [-0.3, -0.25) is 4.98 Å². The van der Waals surface area contributed by atoms with E-state index in [0.29, 0.717) is 10.0 Å². The van der Waals surface area contributed by atoms with Crippen LogP contribution in [0.15, 0.2) is 36.5 Å². The van der Waals surface area contributed by atoms with E-state index in [9.17, 15) is 0 Å². The lowest BCUT2D eigenvalue weighted by atomic mass is 9.98. The van der Waals surface area contributed by atoms with E-state index in [0.717, 1.165) is 24.2 Å². The maximum absolute atomic E-state index is 6.27. The van der Waals surface area contributed by atoms with E-state index < -0.39 is 0 Å². The molecule has 1 aromatic carbocycles. The molecule has 0 aliphatic rings.